The summed E-state index contributed by atoms with van der Waals surface area (Å²) in [5.74, 6) is 0.665. The van der Waals surface area contributed by atoms with Crippen LogP contribution >= 0.6 is 11.8 Å². The van der Waals surface area contributed by atoms with Crippen molar-refractivity contribution in [2.45, 2.75) is 25.9 Å². The number of thioether (sulfide) groups is 1. The lowest BCUT2D eigenvalue weighted by molar-refractivity contribution is -0.122. The van der Waals surface area contributed by atoms with E-state index in [-0.39, 0.29) is 30.5 Å². The molecule has 0 bridgehead atoms. The summed E-state index contributed by atoms with van der Waals surface area (Å²) in [6, 6.07) is 9.53. The Hall–Kier alpha value is -1.33. The van der Waals surface area contributed by atoms with E-state index in [2.05, 4.69) is 10.3 Å². The average molecular weight is 292 g/mol. The summed E-state index contributed by atoms with van der Waals surface area (Å²) in [6.45, 7) is 3.88. The number of aliphatic hydroxyl groups is 1. The maximum absolute atomic E-state index is 12.1. The molecule has 1 aliphatic rings. The molecule has 3 unspecified atom stereocenters. The van der Waals surface area contributed by atoms with Gasteiger partial charge in [-0.05, 0) is 12.8 Å². The molecule has 1 aromatic rings. The molecule has 0 fully saturated rings. The summed E-state index contributed by atoms with van der Waals surface area (Å²) >= 11 is 1.61. The van der Waals surface area contributed by atoms with Crippen LogP contribution in [0.15, 0.2) is 35.3 Å². The zero-order valence-electron chi connectivity index (χ0n) is 11.7. The number of carbonyl (C=O) groups is 1. The number of amides is 1. The summed E-state index contributed by atoms with van der Waals surface area (Å²) in [6.07, 6.45) is 0. The number of nitrogens with zero attached hydrogens (tertiary/aromatic N) is 1. The van der Waals surface area contributed by atoms with Crippen molar-refractivity contribution in [1.29, 1.82) is 0 Å². The Kier molecular flexibility index (Phi) is 5.20. The Morgan fingerprint density at radius 2 is 2.15 bits per heavy atom. The summed E-state index contributed by atoms with van der Waals surface area (Å²) in [4.78, 5) is 16.6. The minimum atomic E-state index is -0.330. The van der Waals surface area contributed by atoms with E-state index in [0.29, 0.717) is 5.75 Å². The van der Waals surface area contributed by atoms with Crippen molar-refractivity contribution in [3.63, 3.8) is 0 Å². The van der Waals surface area contributed by atoms with E-state index in [9.17, 15) is 4.79 Å². The normalized spacial score (nSPS) is 21.1. The maximum Gasteiger partial charge on any atom is 0.245 e. The number of benzene rings is 1. The highest BCUT2D eigenvalue weighted by molar-refractivity contribution is 8.14. The molecule has 3 atom stereocenters. The largest absolute Gasteiger partial charge is 0.396 e. The summed E-state index contributed by atoms with van der Waals surface area (Å²) in [5, 5.41) is 12.9. The van der Waals surface area contributed by atoms with Gasteiger partial charge in [-0.3, -0.25) is 9.79 Å². The first kappa shape index (κ1) is 15.1. The number of aliphatic hydroxyl groups excluding tert-OH is 1. The molecule has 0 aromatic heterocycles. The van der Waals surface area contributed by atoms with Gasteiger partial charge in [0, 0.05) is 24.0 Å². The van der Waals surface area contributed by atoms with Gasteiger partial charge in [0.1, 0.15) is 6.04 Å². The van der Waals surface area contributed by atoms with Crippen molar-refractivity contribution < 1.29 is 9.90 Å². The molecular weight excluding hydrogens is 272 g/mol. The fraction of sp³-hybridized carbons (Fsp3) is 0.467. The molecular formula is C15H20N2O2S. The molecule has 1 heterocycles. The Morgan fingerprint density at radius 1 is 1.45 bits per heavy atom. The van der Waals surface area contributed by atoms with Crippen LogP contribution in [-0.4, -0.2) is 40.5 Å². The van der Waals surface area contributed by atoms with Gasteiger partial charge in [0.15, 0.2) is 0 Å². The van der Waals surface area contributed by atoms with Gasteiger partial charge in [-0.25, -0.2) is 0 Å². The van der Waals surface area contributed by atoms with Gasteiger partial charge in [-0.1, -0.05) is 37.3 Å². The first-order valence-corrected chi connectivity index (χ1v) is 7.77. The first-order chi connectivity index (χ1) is 9.61. The fourth-order valence-electron chi connectivity index (χ4n) is 1.87. The second kappa shape index (κ2) is 6.90. The molecule has 0 radical (unpaired) electrons. The van der Waals surface area contributed by atoms with Crippen molar-refractivity contribution in [3.05, 3.63) is 35.9 Å². The van der Waals surface area contributed by atoms with Crippen LogP contribution in [0.5, 0.6) is 0 Å². The van der Waals surface area contributed by atoms with Crippen molar-refractivity contribution in [3.8, 4) is 0 Å². The van der Waals surface area contributed by atoms with Gasteiger partial charge in [0.2, 0.25) is 5.91 Å². The Bertz CT molecular complexity index is 490. The van der Waals surface area contributed by atoms with E-state index < -0.39 is 0 Å². The third-order valence-electron chi connectivity index (χ3n) is 3.49. The van der Waals surface area contributed by atoms with Gasteiger partial charge in [0.05, 0.1) is 5.04 Å². The van der Waals surface area contributed by atoms with Crippen LogP contribution in [0.4, 0.5) is 0 Å². The topological polar surface area (TPSA) is 61.7 Å². The highest BCUT2D eigenvalue weighted by Gasteiger charge is 2.27. The van der Waals surface area contributed by atoms with Crippen LogP contribution in [0.1, 0.15) is 19.4 Å². The molecule has 1 aromatic carbocycles. The highest BCUT2D eigenvalue weighted by atomic mass is 32.2. The first-order valence-electron chi connectivity index (χ1n) is 6.79. The predicted molar refractivity (Wildman–Crippen MR) is 83.1 cm³/mol. The number of carbonyl (C=O) groups excluding carboxylic acids is 1. The molecule has 5 heteroatoms. The minimum Gasteiger partial charge on any atom is -0.396 e. The van der Waals surface area contributed by atoms with E-state index in [0.717, 1.165) is 10.6 Å². The Labute approximate surface area is 123 Å². The van der Waals surface area contributed by atoms with Gasteiger partial charge in [-0.15, -0.1) is 11.8 Å². The van der Waals surface area contributed by atoms with E-state index in [1.54, 1.807) is 11.8 Å². The Balaban J connectivity index is 1.98. The summed E-state index contributed by atoms with van der Waals surface area (Å²) < 4.78 is 0. The molecule has 0 spiro atoms. The molecule has 4 nitrogen and oxygen atoms in total. The zero-order valence-corrected chi connectivity index (χ0v) is 12.6. The number of hydrogen-bond acceptors (Lipinski definition) is 4. The van der Waals surface area contributed by atoms with Gasteiger partial charge in [0.25, 0.3) is 0 Å². The smallest absolute Gasteiger partial charge is 0.245 e. The van der Waals surface area contributed by atoms with E-state index in [4.69, 9.17) is 5.11 Å². The number of nitrogens with one attached hydrogen (secondary N) is 1. The molecule has 0 saturated carbocycles. The monoisotopic (exact) mass is 292 g/mol. The quantitative estimate of drug-likeness (QED) is 0.868. The van der Waals surface area contributed by atoms with Crippen molar-refractivity contribution in [1.82, 2.24) is 5.32 Å². The van der Waals surface area contributed by atoms with Gasteiger partial charge in [-0.2, -0.15) is 0 Å². The molecule has 0 aliphatic carbocycles. The van der Waals surface area contributed by atoms with Gasteiger partial charge < -0.3 is 10.4 Å². The SMILES string of the molecule is CC(CO)C(C)NC(=O)C1CSC(c2ccccc2)=N1. The lowest BCUT2D eigenvalue weighted by atomic mass is 10.0. The lowest BCUT2D eigenvalue weighted by Gasteiger charge is -2.20. The third kappa shape index (κ3) is 3.61. The standard InChI is InChI=1S/C15H20N2O2S/c1-10(8-18)11(2)16-14(19)13-9-20-15(17-13)12-6-4-3-5-7-12/h3-7,10-11,13,18H,8-9H2,1-2H3,(H,16,19). The van der Waals surface area contributed by atoms with Crippen LogP contribution in [-0.2, 0) is 4.79 Å². The van der Waals surface area contributed by atoms with Gasteiger partial charge >= 0.3 is 0 Å². The second-order valence-corrected chi connectivity index (χ2v) is 6.09. The number of rotatable bonds is 5. The van der Waals surface area contributed by atoms with Crippen LogP contribution < -0.4 is 5.32 Å². The van der Waals surface area contributed by atoms with Crippen LogP contribution in [0.2, 0.25) is 0 Å². The van der Waals surface area contributed by atoms with Crippen LogP contribution in [0, 0.1) is 5.92 Å². The number of aliphatic imine (C=N–C) groups is 1. The molecule has 20 heavy (non-hydrogen) atoms. The summed E-state index contributed by atoms with van der Waals surface area (Å²) in [7, 11) is 0. The maximum atomic E-state index is 12.1. The van der Waals surface area contributed by atoms with Crippen LogP contribution in [0.25, 0.3) is 0 Å². The Morgan fingerprint density at radius 3 is 2.80 bits per heavy atom. The number of hydrogen-bond donors (Lipinski definition) is 2. The minimum absolute atomic E-state index is 0.0468. The molecule has 2 N–H and O–H groups in total. The van der Waals surface area contributed by atoms with Crippen molar-refractivity contribution in [2.24, 2.45) is 10.9 Å². The molecule has 1 amide bonds. The van der Waals surface area contributed by atoms with E-state index in [1.165, 1.54) is 0 Å². The fourth-order valence-corrected chi connectivity index (χ4v) is 2.91. The van der Waals surface area contributed by atoms with E-state index >= 15 is 0 Å². The van der Waals surface area contributed by atoms with E-state index in [1.807, 2.05) is 44.2 Å². The van der Waals surface area contributed by atoms with Crippen molar-refractivity contribution >= 4 is 22.7 Å². The molecule has 108 valence electrons. The third-order valence-corrected chi connectivity index (χ3v) is 4.58. The molecule has 0 saturated heterocycles. The lowest BCUT2D eigenvalue weighted by Crippen LogP contribution is -2.43. The van der Waals surface area contributed by atoms with Crippen molar-refractivity contribution in [2.75, 3.05) is 12.4 Å². The predicted octanol–water partition coefficient (Wildman–Crippen LogP) is 1.68. The molecule has 1 aliphatic heterocycles. The average Bonchev–Trinajstić information content (AvgIpc) is 2.97. The van der Waals surface area contributed by atoms with Crippen LogP contribution in [0.3, 0.4) is 0 Å². The second-order valence-electron chi connectivity index (χ2n) is 5.08. The zero-order chi connectivity index (χ0) is 14.5. The molecule has 2 rings (SSSR count). The summed E-state index contributed by atoms with van der Waals surface area (Å²) in [5.41, 5.74) is 1.06. The highest BCUT2D eigenvalue weighted by Crippen LogP contribution is 2.23.